The highest BCUT2D eigenvalue weighted by atomic mass is 35.5. The molecule has 6 rings (SSSR count). The van der Waals surface area contributed by atoms with Crippen LogP contribution in [0.2, 0.25) is 5.02 Å². The first-order chi connectivity index (χ1) is 21.0. The molecule has 2 aromatic rings. The summed E-state index contributed by atoms with van der Waals surface area (Å²) < 4.78 is 11.6. The first-order valence-corrected chi connectivity index (χ1v) is 15.8. The minimum Gasteiger partial charge on any atom is -0.490 e. The number of carbonyl (C=O) groups is 2. The Labute approximate surface area is 263 Å². The second kappa shape index (κ2) is 11.9. The predicted octanol–water partition coefficient (Wildman–Crippen LogP) is 4.68. The Morgan fingerprint density at radius 2 is 2.00 bits per heavy atom. The number of amides is 1. The van der Waals surface area contributed by atoms with Crippen LogP contribution in [0.5, 0.6) is 5.75 Å². The molecule has 44 heavy (non-hydrogen) atoms. The number of nitrogens with zero attached hydrogens (tertiary/aromatic N) is 2. The van der Waals surface area contributed by atoms with Gasteiger partial charge in [0, 0.05) is 42.5 Å². The van der Waals surface area contributed by atoms with Gasteiger partial charge in [-0.05, 0) is 85.6 Å². The molecule has 9 heteroatoms. The van der Waals surface area contributed by atoms with Crippen molar-refractivity contribution in [2.24, 2.45) is 5.92 Å². The van der Waals surface area contributed by atoms with Crippen LogP contribution in [0, 0.1) is 5.92 Å². The van der Waals surface area contributed by atoms with Gasteiger partial charge in [0.05, 0.1) is 31.9 Å². The summed E-state index contributed by atoms with van der Waals surface area (Å²) in [6.45, 7) is 3.54. The Kier molecular flexibility index (Phi) is 8.28. The number of anilines is 1. The number of aryl methyl sites for hydroxylation is 1. The molecule has 2 aliphatic heterocycles. The first-order valence-electron chi connectivity index (χ1n) is 15.5. The number of aliphatic hydroxyl groups excluding tert-OH is 1. The maximum absolute atomic E-state index is 13.4. The summed E-state index contributed by atoms with van der Waals surface area (Å²) >= 11 is 6.40. The molecule has 0 aromatic heterocycles. The van der Waals surface area contributed by atoms with Crippen LogP contribution in [0.25, 0.3) is 0 Å². The minimum atomic E-state index is -2.19. The third-order valence-corrected chi connectivity index (χ3v) is 10.4. The molecule has 0 saturated heterocycles. The standard InChI is InChI=1S/C35H41ClN2O6/c1-22-6-4-8-30(39)27-12-9-24(27)19-38-20-34(15-5-7-23-16-26(36)11-13-28(23)34)21-44-31-14-10-25(17-29(31)38)35(42,33(41)43-3)18-32(40)37(22)2/h4,8-11,13-14,16-17,22,27,30,39,42H,5-7,12,15,18-21H2,1-3H3/b8-4+/t22-,27+,30-,34-,35+/m0/s1. The Morgan fingerprint density at radius 1 is 1.18 bits per heavy atom. The van der Waals surface area contributed by atoms with Crippen LogP contribution in [0.3, 0.4) is 0 Å². The van der Waals surface area contributed by atoms with Crippen LogP contribution in [0.4, 0.5) is 5.69 Å². The number of ether oxygens (including phenoxy) is 2. The first kappa shape index (κ1) is 30.7. The number of hydrogen-bond donors (Lipinski definition) is 2. The second-order valence-corrected chi connectivity index (χ2v) is 13.4. The quantitative estimate of drug-likeness (QED) is 0.353. The van der Waals surface area contributed by atoms with Crippen molar-refractivity contribution in [3.05, 3.63) is 81.9 Å². The fraction of sp³-hybridized carbons (Fsp3) is 0.486. The molecule has 2 N–H and O–H groups in total. The summed E-state index contributed by atoms with van der Waals surface area (Å²) in [6.07, 6.45) is 8.98. The Morgan fingerprint density at radius 3 is 2.75 bits per heavy atom. The Balaban J connectivity index is 1.48. The van der Waals surface area contributed by atoms with E-state index in [2.05, 4.69) is 23.1 Å². The van der Waals surface area contributed by atoms with Gasteiger partial charge in [-0.25, -0.2) is 4.79 Å². The molecule has 5 atom stereocenters. The molecule has 2 heterocycles. The van der Waals surface area contributed by atoms with Crippen molar-refractivity contribution in [3.8, 4) is 5.75 Å². The smallest absolute Gasteiger partial charge is 0.343 e. The van der Waals surface area contributed by atoms with E-state index >= 15 is 0 Å². The van der Waals surface area contributed by atoms with Crippen LogP contribution in [0.1, 0.15) is 55.7 Å². The van der Waals surface area contributed by atoms with E-state index in [4.69, 9.17) is 21.1 Å². The minimum absolute atomic E-state index is 0.0231. The van der Waals surface area contributed by atoms with Gasteiger partial charge < -0.3 is 29.5 Å². The number of methoxy groups -OCH3 is 1. The molecular formula is C35H41ClN2O6. The van der Waals surface area contributed by atoms with Crippen LogP contribution in [-0.2, 0) is 31.8 Å². The zero-order valence-corrected chi connectivity index (χ0v) is 26.3. The summed E-state index contributed by atoms with van der Waals surface area (Å²) in [4.78, 5) is 30.4. The summed E-state index contributed by atoms with van der Waals surface area (Å²) in [5, 5.41) is 23.8. The number of benzene rings is 2. The number of allylic oxidation sites excluding steroid dienone is 1. The SMILES string of the molecule is COC(=O)[C@@]1(O)CC(=O)N(C)[C@@H](C)C/C=C/[C@H](O)[C@@H]2CC=C2CN2C[C@@]3(CCCc4cc(Cl)ccc43)COc3ccc1cc32. The molecule has 2 aliphatic carbocycles. The summed E-state index contributed by atoms with van der Waals surface area (Å²) in [7, 11) is 2.87. The van der Waals surface area contributed by atoms with Crippen molar-refractivity contribution in [2.45, 2.75) is 68.6 Å². The lowest BCUT2D eigenvalue weighted by molar-refractivity contribution is -0.168. The molecule has 0 unspecified atom stereocenters. The lowest BCUT2D eigenvalue weighted by Gasteiger charge is -2.42. The summed E-state index contributed by atoms with van der Waals surface area (Å²) in [5.41, 5.74) is 2.07. The molecule has 1 amide bonds. The zero-order valence-electron chi connectivity index (χ0n) is 25.6. The van der Waals surface area contributed by atoms with Gasteiger partial charge >= 0.3 is 5.97 Å². The van der Waals surface area contributed by atoms with Gasteiger partial charge in [0.1, 0.15) is 5.75 Å². The van der Waals surface area contributed by atoms with Crippen molar-refractivity contribution < 1.29 is 29.3 Å². The Bertz CT molecular complexity index is 1520. The lowest BCUT2D eigenvalue weighted by Crippen LogP contribution is -2.47. The monoisotopic (exact) mass is 620 g/mol. The third-order valence-electron chi connectivity index (χ3n) is 10.2. The van der Waals surface area contributed by atoms with Crippen molar-refractivity contribution in [3.63, 3.8) is 0 Å². The van der Waals surface area contributed by atoms with E-state index in [9.17, 15) is 19.8 Å². The van der Waals surface area contributed by atoms with E-state index in [1.54, 1.807) is 25.2 Å². The van der Waals surface area contributed by atoms with E-state index in [1.807, 2.05) is 25.1 Å². The highest BCUT2D eigenvalue weighted by molar-refractivity contribution is 6.30. The highest BCUT2D eigenvalue weighted by Crippen LogP contribution is 2.46. The molecule has 2 bridgehead atoms. The van der Waals surface area contributed by atoms with Gasteiger partial charge in [0.25, 0.3) is 0 Å². The predicted molar refractivity (Wildman–Crippen MR) is 169 cm³/mol. The normalized spacial score (nSPS) is 31.1. The average molecular weight is 621 g/mol. The van der Waals surface area contributed by atoms with E-state index in [0.717, 1.165) is 42.0 Å². The molecule has 0 fully saturated rings. The van der Waals surface area contributed by atoms with E-state index in [-0.39, 0.29) is 22.9 Å². The van der Waals surface area contributed by atoms with Crippen molar-refractivity contribution >= 4 is 29.2 Å². The molecule has 4 aliphatic rings. The second-order valence-electron chi connectivity index (χ2n) is 12.9. The third kappa shape index (κ3) is 5.41. The van der Waals surface area contributed by atoms with Gasteiger partial charge in [-0.3, -0.25) is 4.79 Å². The molecular weight excluding hydrogens is 580 g/mol. The fourth-order valence-corrected chi connectivity index (χ4v) is 7.48. The summed E-state index contributed by atoms with van der Waals surface area (Å²) in [5.74, 6) is -0.678. The topological polar surface area (TPSA) is 99.5 Å². The zero-order chi connectivity index (χ0) is 31.2. The molecule has 8 nitrogen and oxygen atoms in total. The van der Waals surface area contributed by atoms with Gasteiger partial charge in [-0.2, -0.15) is 0 Å². The number of rotatable bonds is 1. The maximum atomic E-state index is 13.4. The van der Waals surface area contributed by atoms with Crippen molar-refractivity contribution in [1.82, 2.24) is 4.90 Å². The van der Waals surface area contributed by atoms with Gasteiger partial charge in [-0.15, -0.1) is 0 Å². The largest absolute Gasteiger partial charge is 0.490 e. The van der Waals surface area contributed by atoms with Crippen LogP contribution in [-0.4, -0.2) is 73.0 Å². The molecule has 2 aromatic carbocycles. The number of halogens is 1. The number of carbonyl (C=O) groups excluding carboxylic acids is 2. The number of aliphatic hydroxyl groups is 2. The van der Waals surface area contributed by atoms with E-state index < -0.39 is 30.0 Å². The van der Waals surface area contributed by atoms with E-state index in [1.165, 1.54) is 23.1 Å². The van der Waals surface area contributed by atoms with E-state index in [0.29, 0.717) is 31.9 Å². The van der Waals surface area contributed by atoms with Crippen LogP contribution >= 0.6 is 11.6 Å². The van der Waals surface area contributed by atoms with Crippen LogP contribution < -0.4 is 9.64 Å². The van der Waals surface area contributed by atoms with Gasteiger partial charge in [0.2, 0.25) is 5.91 Å². The van der Waals surface area contributed by atoms with Crippen LogP contribution in [0.15, 0.2) is 60.2 Å². The molecule has 1 spiro atoms. The highest BCUT2D eigenvalue weighted by Gasteiger charge is 2.46. The number of hydrogen-bond acceptors (Lipinski definition) is 7. The fourth-order valence-electron chi connectivity index (χ4n) is 7.29. The van der Waals surface area contributed by atoms with Crippen molar-refractivity contribution in [1.29, 1.82) is 0 Å². The average Bonchev–Trinajstić information content (AvgIpc) is 3.14. The van der Waals surface area contributed by atoms with Crippen molar-refractivity contribution in [2.75, 3.05) is 38.8 Å². The summed E-state index contributed by atoms with van der Waals surface area (Å²) in [6, 6.07) is 11.1. The number of fused-ring (bicyclic) bond motifs is 4. The molecule has 234 valence electrons. The lowest BCUT2D eigenvalue weighted by atomic mass is 9.70. The molecule has 0 saturated carbocycles. The van der Waals surface area contributed by atoms with Gasteiger partial charge in [-0.1, -0.05) is 42.0 Å². The van der Waals surface area contributed by atoms with Gasteiger partial charge in [0.15, 0.2) is 5.60 Å². The Hall–Kier alpha value is -3.33. The number of esters is 1. The maximum Gasteiger partial charge on any atom is 0.343 e. The molecule has 0 radical (unpaired) electrons.